The van der Waals surface area contributed by atoms with Gasteiger partial charge in [0.2, 0.25) is 11.8 Å². The first-order valence-corrected chi connectivity index (χ1v) is 7.36. The van der Waals surface area contributed by atoms with E-state index in [1.165, 1.54) is 0 Å². The van der Waals surface area contributed by atoms with E-state index in [1.54, 1.807) is 31.3 Å². The Balaban J connectivity index is 2.71. The van der Waals surface area contributed by atoms with Crippen LogP contribution < -0.4 is 5.32 Å². The summed E-state index contributed by atoms with van der Waals surface area (Å²) in [5.74, 6) is 0.378. The lowest BCUT2D eigenvalue weighted by molar-refractivity contribution is -0.139. The maximum Gasteiger partial charge on any atom is 0.245 e. The van der Waals surface area contributed by atoms with Crippen molar-refractivity contribution in [3.8, 4) is 0 Å². The fourth-order valence-electron chi connectivity index (χ4n) is 1.81. The minimum atomic E-state index is -0.599. The number of nitrogens with one attached hydrogen (secondary N) is 1. The van der Waals surface area contributed by atoms with Crippen molar-refractivity contribution in [1.29, 1.82) is 0 Å². The van der Waals surface area contributed by atoms with Gasteiger partial charge < -0.3 is 19.4 Å². The van der Waals surface area contributed by atoms with E-state index in [0.29, 0.717) is 25.5 Å². The molecule has 0 saturated heterocycles. The molecule has 1 heterocycles. The molecule has 0 bridgehead atoms. The average Bonchev–Trinajstić information content (AvgIpc) is 2.94. The van der Waals surface area contributed by atoms with Crippen molar-refractivity contribution in [2.24, 2.45) is 5.41 Å². The summed E-state index contributed by atoms with van der Waals surface area (Å²) >= 11 is 0. The number of nitrogens with zero attached hydrogens (tertiary/aromatic N) is 1. The number of rotatable bonds is 7. The second kappa shape index (κ2) is 7.98. The normalized spacial score (nSPS) is 12.8. The number of methoxy groups -OCH3 is 1. The van der Waals surface area contributed by atoms with E-state index in [1.807, 2.05) is 26.8 Å². The van der Waals surface area contributed by atoms with Crippen LogP contribution in [0.4, 0.5) is 0 Å². The quantitative estimate of drug-likeness (QED) is 0.833. The zero-order valence-electron chi connectivity index (χ0n) is 14.0. The Morgan fingerprint density at radius 2 is 2.09 bits per heavy atom. The van der Waals surface area contributed by atoms with E-state index in [9.17, 15) is 9.59 Å². The number of hydrogen-bond acceptors (Lipinski definition) is 4. The van der Waals surface area contributed by atoms with E-state index in [2.05, 4.69) is 5.32 Å². The summed E-state index contributed by atoms with van der Waals surface area (Å²) in [5.41, 5.74) is -0.535. The second-order valence-corrected chi connectivity index (χ2v) is 6.28. The number of hydrogen-bond donors (Lipinski definition) is 1. The Labute approximate surface area is 131 Å². The molecule has 124 valence electrons. The molecule has 6 nitrogen and oxygen atoms in total. The average molecular weight is 310 g/mol. The van der Waals surface area contributed by atoms with Gasteiger partial charge in [-0.3, -0.25) is 9.59 Å². The molecule has 6 heteroatoms. The number of furan rings is 1. The Morgan fingerprint density at radius 3 is 2.59 bits per heavy atom. The molecular weight excluding hydrogens is 284 g/mol. The van der Waals surface area contributed by atoms with Crippen molar-refractivity contribution < 1.29 is 18.7 Å². The smallest absolute Gasteiger partial charge is 0.245 e. The van der Waals surface area contributed by atoms with Crippen LogP contribution in [0.15, 0.2) is 22.8 Å². The van der Waals surface area contributed by atoms with E-state index in [0.717, 1.165) is 0 Å². The lowest BCUT2D eigenvalue weighted by atomic mass is 9.95. The second-order valence-electron chi connectivity index (χ2n) is 6.28. The molecule has 1 unspecified atom stereocenters. The van der Waals surface area contributed by atoms with Gasteiger partial charge in [0.1, 0.15) is 11.8 Å². The van der Waals surface area contributed by atoms with Gasteiger partial charge in [0, 0.05) is 19.1 Å². The molecule has 0 radical (unpaired) electrons. The molecule has 22 heavy (non-hydrogen) atoms. The molecule has 0 aliphatic heterocycles. The molecule has 1 atom stereocenters. The Hall–Kier alpha value is -1.82. The molecule has 1 aromatic rings. The van der Waals surface area contributed by atoms with Crippen LogP contribution in [0.5, 0.6) is 0 Å². The zero-order valence-corrected chi connectivity index (χ0v) is 14.0. The third-order valence-corrected chi connectivity index (χ3v) is 3.20. The molecule has 1 rings (SSSR count). The Kier molecular flexibility index (Phi) is 6.61. The Morgan fingerprint density at radius 1 is 1.41 bits per heavy atom. The highest BCUT2D eigenvalue weighted by Gasteiger charge is 2.27. The van der Waals surface area contributed by atoms with Gasteiger partial charge in [-0.1, -0.05) is 20.8 Å². The number of carbonyl (C=O) groups excluding carboxylic acids is 2. The largest absolute Gasteiger partial charge is 0.467 e. The fraction of sp³-hybridized carbons (Fsp3) is 0.625. The summed E-state index contributed by atoms with van der Waals surface area (Å²) in [6.07, 6.45) is 1.57. The first-order chi connectivity index (χ1) is 10.3. The summed E-state index contributed by atoms with van der Waals surface area (Å²) in [5, 5.41) is 2.75. The van der Waals surface area contributed by atoms with Crippen molar-refractivity contribution in [3.63, 3.8) is 0 Å². The summed E-state index contributed by atoms with van der Waals surface area (Å²) in [7, 11) is 1.58. The van der Waals surface area contributed by atoms with Gasteiger partial charge in [0.05, 0.1) is 19.4 Å². The topological polar surface area (TPSA) is 71.8 Å². The molecule has 0 aromatic carbocycles. The van der Waals surface area contributed by atoms with E-state index >= 15 is 0 Å². The lowest BCUT2D eigenvalue weighted by Gasteiger charge is -2.27. The van der Waals surface area contributed by atoms with Crippen LogP contribution in [0.2, 0.25) is 0 Å². The predicted octanol–water partition coefficient (Wildman–Crippen LogP) is 1.81. The van der Waals surface area contributed by atoms with Gasteiger partial charge in [-0.25, -0.2) is 0 Å². The van der Waals surface area contributed by atoms with Crippen LogP contribution in [0.25, 0.3) is 0 Å². The van der Waals surface area contributed by atoms with Crippen molar-refractivity contribution in [1.82, 2.24) is 10.2 Å². The molecule has 0 saturated carbocycles. The zero-order chi connectivity index (χ0) is 16.8. The minimum Gasteiger partial charge on any atom is -0.467 e. The van der Waals surface area contributed by atoms with Crippen molar-refractivity contribution in [2.45, 2.75) is 40.3 Å². The number of ether oxygens (including phenoxy) is 1. The van der Waals surface area contributed by atoms with Crippen molar-refractivity contribution in [2.75, 3.05) is 20.3 Å². The third-order valence-electron chi connectivity index (χ3n) is 3.20. The van der Waals surface area contributed by atoms with Gasteiger partial charge in [-0.2, -0.15) is 0 Å². The predicted molar refractivity (Wildman–Crippen MR) is 83.1 cm³/mol. The highest BCUT2D eigenvalue weighted by atomic mass is 16.5. The maximum atomic E-state index is 12.6. The van der Waals surface area contributed by atoms with Gasteiger partial charge in [-0.05, 0) is 19.1 Å². The molecule has 0 fully saturated rings. The molecule has 0 aliphatic rings. The molecule has 2 amide bonds. The van der Waals surface area contributed by atoms with Crippen LogP contribution in [-0.2, 0) is 20.9 Å². The van der Waals surface area contributed by atoms with Crippen LogP contribution in [0.1, 0.15) is 33.5 Å². The van der Waals surface area contributed by atoms with Gasteiger partial charge in [0.25, 0.3) is 0 Å². The van der Waals surface area contributed by atoms with E-state index in [4.69, 9.17) is 9.15 Å². The van der Waals surface area contributed by atoms with Crippen LogP contribution >= 0.6 is 0 Å². The van der Waals surface area contributed by atoms with E-state index < -0.39 is 11.5 Å². The van der Waals surface area contributed by atoms with Crippen molar-refractivity contribution >= 4 is 11.8 Å². The molecule has 1 N–H and O–H groups in total. The highest BCUT2D eigenvalue weighted by Crippen LogP contribution is 2.13. The fourth-order valence-corrected chi connectivity index (χ4v) is 1.81. The van der Waals surface area contributed by atoms with Crippen LogP contribution in [-0.4, -0.2) is 43.0 Å². The van der Waals surface area contributed by atoms with E-state index in [-0.39, 0.29) is 11.8 Å². The SMILES string of the molecule is COCCN(Cc1ccco1)C(=O)C(C)NC(=O)C(C)(C)C. The summed E-state index contributed by atoms with van der Waals surface area (Å²) < 4.78 is 10.3. The third kappa shape index (κ3) is 5.52. The minimum absolute atomic E-state index is 0.155. The summed E-state index contributed by atoms with van der Waals surface area (Å²) in [4.78, 5) is 26.2. The van der Waals surface area contributed by atoms with Gasteiger partial charge in [0.15, 0.2) is 0 Å². The highest BCUT2D eigenvalue weighted by molar-refractivity contribution is 5.89. The van der Waals surface area contributed by atoms with Gasteiger partial charge in [-0.15, -0.1) is 0 Å². The number of carbonyl (C=O) groups is 2. The Bertz CT molecular complexity index is 477. The van der Waals surface area contributed by atoms with Crippen LogP contribution in [0, 0.1) is 5.41 Å². The first-order valence-electron chi connectivity index (χ1n) is 7.36. The summed E-state index contributed by atoms with van der Waals surface area (Å²) in [6, 6.07) is 2.99. The first kappa shape index (κ1) is 18.2. The number of amides is 2. The molecule has 0 spiro atoms. The standard InChI is InChI=1S/C16H26N2O4/c1-12(17-15(20)16(2,3)4)14(19)18(8-10-21-5)11-13-7-6-9-22-13/h6-7,9,12H,8,10-11H2,1-5H3,(H,17,20). The molecule has 0 aliphatic carbocycles. The molecular formula is C16H26N2O4. The van der Waals surface area contributed by atoms with Crippen LogP contribution in [0.3, 0.4) is 0 Å². The van der Waals surface area contributed by atoms with Gasteiger partial charge >= 0.3 is 0 Å². The molecule has 1 aromatic heterocycles. The lowest BCUT2D eigenvalue weighted by Crippen LogP contribution is -2.50. The maximum absolute atomic E-state index is 12.6. The monoisotopic (exact) mass is 310 g/mol. The summed E-state index contributed by atoms with van der Waals surface area (Å²) in [6.45, 7) is 8.33. The van der Waals surface area contributed by atoms with Crippen molar-refractivity contribution in [3.05, 3.63) is 24.2 Å².